The zero-order chi connectivity index (χ0) is 18.4. The second-order valence-electron chi connectivity index (χ2n) is 6.90. The van der Waals surface area contributed by atoms with Crippen molar-refractivity contribution >= 4 is 11.7 Å². The molecule has 0 amide bonds. The van der Waals surface area contributed by atoms with Crippen LogP contribution in [0.2, 0.25) is 0 Å². The quantitative estimate of drug-likeness (QED) is 0.858. The van der Waals surface area contributed by atoms with Crippen LogP contribution in [0.4, 0.5) is 10.1 Å². The van der Waals surface area contributed by atoms with E-state index in [1.807, 2.05) is 17.9 Å². The third kappa shape index (κ3) is 2.68. The minimum atomic E-state index is -1.25. The lowest BCUT2D eigenvalue weighted by molar-refractivity contribution is 0.0694. The monoisotopic (exact) mass is 357 g/mol. The highest BCUT2D eigenvalue weighted by molar-refractivity contribution is 5.87. The van der Waals surface area contributed by atoms with Crippen molar-refractivity contribution in [1.82, 2.24) is 9.88 Å². The molecule has 2 aliphatic rings. The predicted molar refractivity (Wildman–Crippen MR) is 96.6 cm³/mol. The highest BCUT2D eigenvalue weighted by atomic mass is 19.1. The number of nitrogens with one attached hydrogen (secondary N) is 1. The lowest BCUT2D eigenvalue weighted by atomic mass is 9.92. The fraction of sp³-hybridized carbons (Fsp3) is 0.368. The van der Waals surface area contributed by atoms with E-state index in [-0.39, 0.29) is 17.4 Å². The molecule has 0 spiro atoms. The first-order valence-electron chi connectivity index (χ1n) is 8.73. The molecule has 2 N–H and O–H groups in total. The van der Waals surface area contributed by atoms with E-state index >= 15 is 0 Å². The van der Waals surface area contributed by atoms with Crippen LogP contribution in [-0.2, 0) is 6.42 Å². The van der Waals surface area contributed by atoms with E-state index in [0.29, 0.717) is 23.4 Å². The van der Waals surface area contributed by atoms with E-state index in [1.54, 1.807) is 4.57 Å². The molecule has 0 saturated carbocycles. The lowest BCUT2D eigenvalue weighted by Gasteiger charge is -2.33. The number of anilines is 1. The fourth-order valence-corrected chi connectivity index (χ4v) is 3.87. The van der Waals surface area contributed by atoms with Crippen LogP contribution in [-0.4, -0.2) is 41.8 Å². The molecular formula is C19H20FN3O3. The van der Waals surface area contributed by atoms with Gasteiger partial charge in [-0.05, 0) is 31.0 Å². The van der Waals surface area contributed by atoms with Crippen LogP contribution >= 0.6 is 0 Å². The number of nitrogens with zero attached hydrogens (tertiary/aromatic N) is 2. The van der Waals surface area contributed by atoms with Crippen LogP contribution in [0.3, 0.4) is 0 Å². The summed E-state index contributed by atoms with van der Waals surface area (Å²) in [4.78, 5) is 25.4. The molecule has 7 heteroatoms. The summed E-state index contributed by atoms with van der Waals surface area (Å²) in [6, 6.07) is 4.65. The molecule has 3 heterocycles. The molecule has 1 saturated heterocycles. The van der Waals surface area contributed by atoms with Crippen LogP contribution in [0.5, 0.6) is 0 Å². The highest BCUT2D eigenvalue weighted by Crippen LogP contribution is 2.37. The number of hydrogen-bond donors (Lipinski definition) is 2. The number of piperazine rings is 1. The number of pyridine rings is 1. The third-order valence-corrected chi connectivity index (χ3v) is 5.21. The largest absolute Gasteiger partial charge is 0.477 e. The molecule has 6 nitrogen and oxygen atoms in total. The van der Waals surface area contributed by atoms with Gasteiger partial charge in [-0.2, -0.15) is 0 Å². The first-order valence-corrected chi connectivity index (χ1v) is 8.73. The minimum Gasteiger partial charge on any atom is -0.477 e. The summed E-state index contributed by atoms with van der Waals surface area (Å²) in [5.74, 6) is -1.56. The Kier molecular flexibility index (Phi) is 4.03. The van der Waals surface area contributed by atoms with Gasteiger partial charge in [0.25, 0.3) is 0 Å². The van der Waals surface area contributed by atoms with Gasteiger partial charge < -0.3 is 19.9 Å². The summed E-state index contributed by atoms with van der Waals surface area (Å²) in [7, 11) is 0. The maximum Gasteiger partial charge on any atom is 0.341 e. The van der Waals surface area contributed by atoms with E-state index in [0.717, 1.165) is 31.7 Å². The van der Waals surface area contributed by atoms with Gasteiger partial charge in [-0.15, -0.1) is 0 Å². The topological polar surface area (TPSA) is 74.6 Å². The number of carboxylic acids is 1. The Hall–Kier alpha value is -2.67. The Bertz CT molecular complexity index is 948. The molecule has 1 aromatic carbocycles. The minimum absolute atomic E-state index is 0.0162. The standard InChI is InChI=1S/C19H20FN3O3/c1-11-6-12-7-17(22-4-2-21-3-5-22)15(20)8-13(12)16-9-18(24)14(19(25)26)10-23(11)16/h7-11,21H,2-6H2,1H3,(H,25,26). The summed E-state index contributed by atoms with van der Waals surface area (Å²) in [5, 5.41) is 12.4. The molecule has 0 bridgehead atoms. The van der Waals surface area contributed by atoms with Gasteiger partial charge in [0.15, 0.2) is 5.43 Å². The number of aromatic carboxylic acids is 1. The highest BCUT2D eigenvalue weighted by Gasteiger charge is 2.26. The van der Waals surface area contributed by atoms with Crippen molar-refractivity contribution in [2.45, 2.75) is 19.4 Å². The van der Waals surface area contributed by atoms with Crippen molar-refractivity contribution in [1.29, 1.82) is 0 Å². The number of halogens is 1. The van der Waals surface area contributed by atoms with E-state index < -0.39 is 11.4 Å². The molecule has 1 unspecified atom stereocenters. The number of benzene rings is 1. The van der Waals surface area contributed by atoms with Crippen LogP contribution in [0.25, 0.3) is 11.3 Å². The van der Waals surface area contributed by atoms with E-state index in [9.17, 15) is 19.1 Å². The fourth-order valence-electron chi connectivity index (χ4n) is 3.87. The van der Waals surface area contributed by atoms with Gasteiger partial charge in [-0.1, -0.05) is 0 Å². The first-order chi connectivity index (χ1) is 12.5. The van der Waals surface area contributed by atoms with Gasteiger partial charge in [0, 0.05) is 50.0 Å². The van der Waals surface area contributed by atoms with E-state index in [2.05, 4.69) is 5.32 Å². The van der Waals surface area contributed by atoms with Gasteiger partial charge in [0.2, 0.25) is 0 Å². The first kappa shape index (κ1) is 16.8. The molecular weight excluding hydrogens is 337 g/mol. The van der Waals surface area contributed by atoms with E-state index in [4.69, 9.17) is 0 Å². The van der Waals surface area contributed by atoms with Gasteiger partial charge in [0.1, 0.15) is 11.4 Å². The van der Waals surface area contributed by atoms with Crippen molar-refractivity contribution in [3.8, 4) is 11.3 Å². The summed E-state index contributed by atoms with van der Waals surface area (Å²) in [6.45, 7) is 5.12. The Morgan fingerprint density at radius 2 is 2.00 bits per heavy atom. The molecule has 0 radical (unpaired) electrons. The van der Waals surface area contributed by atoms with Gasteiger partial charge >= 0.3 is 5.97 Å². The Labute approximate surface area is 149 Å². The Morgan fingerprint density at radius 1 is 1.27 bits per heavy atom. The van der Waals surface area contributed by atoms with Crippen LogP contribution in [0, 0.1) is 5.82 Å². The van der Waals surface area contributed by atoms with Crippen LogP contribution in [0.15, 0.2) is 29.2 Å². The van der Waals surface area contributed by atoms with Crippen molar-refractivity contribution in [2.24, 2.45) is 0 Å². The number of hydrogen-bond acceptors (Lipinski definition) is 4. The van der Waals surface area contributed by atoms with Crippen molar-refractivity contribution in [3.05, 3.63) is 51.6 Å². The SMILES string of the molecule is CC1Cc2cc(N3CCNCC3)c(F)cc2-c2cc(=O)c(C(=O)O)cn21. The molecule has 1 aromatic heterocycles. The number of rotatable bonds is 2. The van der Waals surface area contributed by atoms with Gasteiger partial charge in [0.05, 0.1) is 11.4 Å². The zero-order valence-electron chi connectivity index (χ0n) is 14.5. The second kappa shape index (κ2) is 6.25. The average Bonchev–Trinajstić information content (AvgIpc) is 2.62. The van der Waals surface area contributed by atoms with Gasteiger partial charge in [-0.25, -0.2) is 9.18 Å². The van der Waals surface area contributed by atoms with Crippen LogP contribution in [0.1, 0.15) is 28.9 Å². The molecule has 0 aliphatic carbocycles. The molecule has 1 atom stereocenters. The summed E-state index contributed by atoms with van der Waals surface area (Å²) in [6.07, 6.45) is 2.03. The Balaban J connectivity index is 1.85. The number of aromatic nitrogens is 1. The maximum atomic E-state index is 14.8. The lowest BCUT2D eigenvalue weighted by Crippen LogP contribution is -2.44. The smallest absolute Gasteiger partial charge is 0.341 e. The number of carbonyl (C=O) groups is 1. The molecule has 2 aliphatic heterocycles. The molecule has 136 valence electrons. The normalized spacial score (nSPS) is 19.0. The zero-order valence-corrected chi connectivity index (χ0v) is 14.5. The van der Waals surface area contributed by atoms with E-state index in [1.165, 1.54) is 18.3 Å². The van der Waals surface area contributed by atoms with Gasteiger partial charge in [-0.3, -0.25) is 4.79 Å². The Morgan fingerprint density at radius 3 is 2.69 bits per heavy atom. The third-order valence-electron chi connectivity index (χ3n) is 5.21. The molecule has 1 fully saturated rings. The molecule has 2 aromatic rings. The number of fused-ring (bicyclic) bond motifs is 3. The van der Waals surface area contributed by atoms with Crippen molar-refractivity contribution in [3.63, 3.8) is 0 Å². The number of carboxylic acid groups (broad SMARTS) is 1. The predicted octanol–water partition coefficient (Wildman–Crippen LogP) is 1.88. The summed E-state index contributed by atoms with van der Waals surface area (Å²) >= 11 is 0. The second-order valence-corrected chi connectivity index (χ2v) is 6.90. The molecule has 4 rings (SSSR count). The maximum absolute atomic E-state index is 14.8. The average molecular weight is 357 g/mol. The van der Waals surface area contributed by atoms with Crippen molar-refractivity contribution in [2.75, 3.05) is 31.1 Å². The molecule has 26 heavy (non-hydrogen) atoms. The summed E-state index contributed by atoms with van der Waals surface area (Å²) < 4.78 is 16.6. The van der Waals surface area contributed by atoms with Crippen LogP contribution < -0.4 is 15.6 Å². The van der Waals surface area contributed by atoms with Crippen molar-refractivity contribution < 1.29 is 14.3 Å². The summed E-state index contributed by atoms with van der Waals surface area (Å²) in [5.41, 5.74) is 1.98.